The van der Waals surface area contributed by atoms with Gasteiger partial charge in [-0.3, -0.25) is 0 Å². The van der Waals surface area contributed by atoms with Gasteiger partial charge in [0.25, 0.3) is 0 Å². The van der Waals surface area contributed by atoms with Crippen LogP contribution >= 0.6 is 0 Å². The van der Waals surface area contributed by atoms with Gasteiger partial charge in [0.05, 0.1) is 0 Å². The third kappa shape index (κ3) is 2.71. The van der Waals surface area contributed by atoms with Crippen LogP contribution in [-0.4, -0.2) is 23.7 Å². The average Bonchev–Trinajstić information content (AvgIpc) is 3.04. The van der Waals surface area contributed by atoms with E-state index in [1.165, 1.54) is 16.7 Å². The van der Waals surface area contributed by atoms with Crippen molar-refractivity contribution in [3.8, 4) is 11.1 Å². The summed E-state index contributed by atoms with van der Waals surface area (Å²) in [7, 11) is 4.19. The van der Waals surface area contributed by atoms with Crippen LogP contribution in [0.2, 0.25) is 0 Å². The summed E-state index contributed by atoms with van der Waals surface area (Å²) in [5.74, 6) is 2.28. The summed E-state index contributed by atoms with van der Waals surface area (Å²) >= 11 is 0. The number of fused-ring (bicyclic) bond motifs is 3. The second-order valence-corrected chi connectivity index (χ2v) is 7.41. The lowest BCUT2D eigenvalue weighted by molar-refractivity contribution is -0.654. The number of rotatable bonds is 2. The van der Waals surface area contributed by atoms with Gasteiger partial charge in [0, 0.05) is 34.6 Å². The van der Waals surface area contributed by atoms with E-state index in [-0.39, 0.29) is 6.85 Å². The molecule has 0 spiro atoms. The van der Waals surface area contributed by atoms with E-state index in [9.17, 15) is 0 Å². The Balaban J connectivity index is 1.68. The highest BCUT2D eigenvalue weighted by Gasteiger charge is 2.30. The van der Waals surface area contributed by atoms with Gasteiger partial charge in [0.2, 0.25) is 5.71 Å². The first-order valence-corrected chi connectivity index (χ1v) is 9.47. The van der Waals surface area contributed by atoms with Gasteiger partial charge >= 0.3 is 6.85 Å². The van der Waals surface area contributed by atoms with Crippen molar-refractivity contribution < 1.29 is 8.98 Å². The van der Waals surface area contributed by atoms with E-state index in [4.69, 9.17) is 4.42 Å². The molecule has 5 heteroatoms. The Hall–Kier alpha value is -3.34. The van der Waals surface area contributed by atoms with Crippen LogP contribution in [0.15, 0.2) is 65.2 Å². The lowest BCUT2D eigenvalue weighted by atomic mass is 9.55. The summed E-state index contributed by atoms with van der Waals surface area (Å²) in [5, 5.41) is 2.19. The third-order valence-corrected chi connectivity index (χ3v) is 5.44. The van der Waals surface area contributed by atoms with E-state index in [0.717, 1.165) is 21.7 Å². The Bertz CT molecular complexity index is 1310. The Labute approximate surface area is 164 Å². The maximum absolute atomic E-state index is 6.00. The molecule has 1 aliphatic rings. The summed E-state index contributed by atoms with van der Waals surface area (Å²) in [4.78, 5) is 6.74. The zero-order valence-electron chi connectivity index (χ0n) is 16.3. The molecule has 0 N–H and O–H groups in total. The molecular weight excluding hydrogens is 345 g/mol. The molecule has 1 aliphatic heterocycles. The highest BCUT2D eigenvalue weighted by atomic mass is 16.3. The van der Waals surface area contributed by atoms with E-state index < -0.39 is 0 Å². The van der Waals surface area contributed by atoms with E-state index >= 15 is 0 Å². The number of aryl methyl sites for hydroxylation is 2. The molecule has 3 aromatic heterocycles. The van der Waals surface area contributed by atoms with Gasteiger partial charge in [0.1, 0.15) is 7.05 Å². The van der Waals surface area contributed by atoms with Crippen LogP contribution in [0, 0.1) is 6.92 Å². The molecule has 0 bridgehead atoms. The van der Waals surface area contributed by atoms with Crippen molar-refractivity contribution in [1.29, 1.82) is 0 Å². The molecule has 5 rings (SSSR count). The van der Waals surface area contributed by atoms with Gasteiger partial charge in [-0.1, -0.05) is 36.3 Å². The summed E-state index contributed by atoms with van der Waals surface area (Å²) in [6, 6.07) is 19.1. The fraction of sp³-hybridized carbons (Fsp3) is 0.130. The number of pyridine rings is 2. The van der Waals surface area contributed by atoms with Crippen molar-refractivity contribution in [2.75, 3.05) is 7.05 Å². The Morgan fingerprint density at radius 1 is 1.04 bits per heavy atom. The maximum atomic E-state index is 6.00. The topological polar surface area (TPSA) is 33.2 Å². The lowest BCUT2D eigenvalue weighted by Crippen LogP contribution is -2.60. The second kappa shape index (κ2) is 6.38. The van der Waals surface area contributed by atoms with Crippen molar-refractivity contribution in [3.05, 3.63) is 77.1 Å². The van der Waals surface area contributed by atoms with Gasteiger partial charge in [-0.25, -0.2) is 9.55 Å². The van der Waals surface area contributed by atoms with Crippen molar-refractivity contribution in [2.45, 2.75) is 6.92 Å². The van der Waals surface area contributed by atoms with Crippen LogP contribution in [0.1, 0.15) is 5.69 Å². The normalized spacial score (nSPS) is 13.2. The number of nitrogens with zero attached hydrogens (tertiary/aromatic N) is 3. The largest absolute Gasteiger partial charge is 0.436 e. The average molecular weight is 366 g/mol. The van der Waals surface area contributed by atoms with Crippen molar-refractivity contribution >= 4 is 35.7 Å². The van der Waals surface area contributed by atoms with Crippen molar-refractivity contribution in [1.82, 2.24) is 9.79 Å². The van der Waals surface area contributed by atoms with E-state index in [1.54, 1.807) is 0 Å². The van der Waals surface area contributed by atoms with Crippen LogP contribution in [0.25, 0.3) is 34.4 Å². The molecule has 4 heterocycles. The SMILES string of the molecule is Cc1ccc2c3c(oc2n1)=CN(C)B(c1cc(-c2ccccc2)cc[n+]1C)C=3. The molecule has 0 radical (unpaired) electrons. The van der Waals surface area contributed by atoms with Crippen molar-refractivity contribution in [2.24, 2.45) is 7.05 Å². The smallest absolute Gasteiger partial charge is 0.396 e. The molecule has 0 atom stereocenters. The highest BCUT2D eigenvalue weighted by Crippen LogP contribution is 2.17. The van der Waals surface area contributed by atoms with Gasteiger partial charge in [-0.15, -0.1) is 0 Å². The monoisotopic (exact) mass is 366 g/mol. The highest BCUT2D eigenvalue weighted by molar-refractivity contribution is 6.82. The summed E-state index contributed by atoms with van der Waals surface area (Å²) < 4.78 is 8.19. The van der Waals surface area contributed by atoms with Crippen LogP contribution in [-0.2, 0) is 7.05 Å². The number of benzene rings is 1. The molecule has 0 aliphatic carbocycles. The predicted octanol–water partition coefficient (Wildman–Crippen LogP) is 1.53. The molecule has 0 unspecified atom stereocenters. The standard InChI is InChI=1S/C23H21BN3O/c1-16-9-10-19-20-14-24(27(3)15-21(20)28-23(19)25-16)22-13-18(11-12-26(22)2)17-7-5-4-6-8-17/h4-15H,1-3H3/q+1. The fourth-order valence-corrected chi connectivity index (χ4v) is 3.90. The first-order chi connectivity index (χ1) is 13.6. The minimum absolute atomic E-state index is 0.114. The summed E-state index contributed by atoms with van der Waals surface area (Å²) in [5.41, 5.74) is 6.20. The van der Waals surface area contributed by atoms with Crippen LogP contribution in [0.3, 0.4) is 0 Å². The van der Waals surface area contributed by atoms with E-state index in [0.29, 0.717) is 5.71 Å². The van der Waals surface area contributed by atoms with Crippen LogP contribution in [0.5, 0.6) is 0 Å². The number of hydrogen-bond donors (Lipinski definition) is 0. The van der Waals surface area contributed by atoms with Crippen molar-refractivity contribution in [3.63, 3.8) is 0 Å². The van der Waals surface area contributed by atoms with E-state index in [1.807, 2.05) is 19.1 Å². The zero-order valence-corrected chi connectivity index (χ0v) is 16.3. The molecule has 28 heavy (non-hydrogen) atoms. The Morgan fingerprint density at radius 2 is 1.86 bits per heavy atom. The zero-order chi connectivity index (χ0) is 19.3. The number of hydrogen-bond acceptors (Lipinski definition) is 3. The second-order valence-electron chi connectivity index (χ2n) is 7.41. The molecule has 4 nitrogen and oxygen atoms in total. The lowest BCUT2D eigenvalue weighted by Gasteiger charge is -2.20. The minimum Gasteiger partial charge on any atom is -0.436 e. The third-order valence-electron chi connectivity index (χ3n) is 5.44. The Morgan fingerprint density at radius 3 is 2.68 bits per heavy atom. The van der Waals surface area contributed by atoms with E-state index in [2.05, 4.69) is 89.3 Å². The molecule has 1 aromatic carbocycles. The molecule has 4 aromatic rings. The van der Waals surface area contributed by atoms with Gasteiger partial charge in [-0.2, -0.15) is 0 Å². The van der Waals surface area contributed by atoms with Crippen LogP contribution < -0.4 is 20.8 Å². The molecule has 0 saturated carbocycles. The minimum atomic E-state index is 0.114. The Kier molecular flexibility index (Phi) is 3.83. The maximum Gasteiger partial charge on any atom is 0.396 e. The van der Waals surface area contributed by atoms with Crippen LogP contribution in [0.4, 0.5) is 0 Å². The quantitative estimate of drug-likeness (QED) is 0.399. The molecule has 0 saturated heterocycles. The summed E-state index contributed by atoms with van der Waals surface area (Å²) in [6.07, 6.45) is 4.21. The number of furan rings is 1. The number of aromatic nitrogens is 2. The molecule has 136 valence electrons. The molecule has 0 fully saturated rings. The molecule has 0 amide bonds. The predicted molar refractivity (Wildman–Crippen MR) is 113 cm³/mol. The summed E-state index contributed by atoms with van der Waals surface area (Å²) in [6.45, 7) is 2.10. The van der Waals surface area contributed by atoms with Gasteiger partial charge in [0.15, 0.2) is 17.2 Å². The van der Waals surface area contributed by atoms with Gasteiger partial charge < -0.3 is 9.23 Å². The fourth-order valence-electron chi connectivity index (χ4n) is 3.90. The first-order valence-electron chi connectivity index (χ1n) is 9.47. The first kappa shape index (κ1) is 16.8. The van der Waals surface area contributed by atoms with Gasteiger partial charge in [-0.05, 0) is 37.2 Å². The molecular formula is C23H21BN3O+.